The summed E-state index contributed by atoms with van der Waals surface area (Å²) in [7, 11) is 0.210. The zero-order chi connectivity index (χ0) is 21.2. The van der Waals surface area contributed by atoms with Crippen molar-refractivity contribution in [2.24, 2.45) is 0 Å². The van der Waals surface area contributed by atoms with E-state index in [0.29, 0.717) is 5.75 Å². The third kappa shape index (κ3) is 3.97. The average Bonchev–Trinajstić information content (AvgIpc) is 3.05. The summed E-state index contributed by atoms with van der Waals surface area (Å²) in [4.78, 5) is 25.0. The summed E-state index contributed by atoms with van der Waals surface area (Å²) in [5.74, 6) is 0.170. The van der Waals surface area contributed by atoms with E-state index in [9.17, 15) is 18.0 Å². The van der Waals surface area contributed by atoms with Gasteiger partial charge in [0.1, 0.15) is 17.2 Å². The normalized spacial score (nSPS) is 14.1. The number of nitrogens with zero attached hydrogens (tertiary/aromatic N) is 1. The van der Waals surface area contributed by atoms with Gasteiger partial charge in [0.15, 0.2) is 0 Å². The Morgan fingerprint density at radius 3 is 2.10 bits per heavy atom. The van der Waals surface area contributed by atoms with Crippen LogP contribution in [-0.4, -0.2) is 41.6 Å². The lowest BCUT2D eigenvalue weighted by Crippen LogP contribution is -2.29. The summed E-state index contributed by atoms with van der Waals surface area (Å²) in [6, 6.07) is 8.59. The maximum Gasteiger partial charge on any atom is 0.262 e. The predicted molar refractivity (Wildman–Crippen MR) is 105 cm³/mol. The van der Waals surface area contributed by atoms with E-state index in [1.54, 1.807) is 12.1 Å². The minimum absolute atomic E-state index is 0.0697. The first-order valence-electron chi connectivity index (χ1n) is 8.59. The number of amides is 2. The molecule has 9 nitrogen and oxygen atoms in total. The Kier molecular flexibility index (Phi) is 5.64. The van der Waals surface area contributed by atoms with Crippen LogP contribution in [0.25, 0.3) is 0 Å². The Labute approximate surface area is 168 Å². The Balaban J connectivity index is 2.01. The Morgan fingerprint density at radius 1 is 0.862 bits per heavy atom. The lowest BCUT2D eigenvalue weighted by Gasteiger charge is -2.19. The summed E-state index contributed by atoms with van der Waals surface area (Å²) < 4.78 is 43.8. The van der Waals surface area contributed by atoms with E-state index >= 15 is 0 Å². The number of carbonyl (C=O) groups is 2. The zero-order valence-electron chi connectivity index (χ0n) is 16.1. The number of benzene rings is 2. The summed E-state index contributed by atoms with van der Waals surface area (Å²) in [5, 5.41) is 0. The molecule has 1 heterocycles. The number of hydrogen-bond acceptors (Lipinski definition) is 7. The Hall–Kier alpha value is -3.27. The molecule has 2 aromatic carbocycles. The molecule has 1 fully saturated rings. The number of carbonyl (C=O) groups excluding carboxylic acids is 2. The van der Waals surface area contributed by atoms with Gasteiger partial charge in [0.2, 0.25) is 11.8 Å². The molecule has 0 bridgehead atoms. The van der Waals surface area contributed by atoms with E-state index in [-0.39, 0.29) is 40.6 Å². The van der Waals surface area contributed by atoms with E-state index in [2.05, 4.69) is 4.72 Å². The molecule has 10 heteroatoms. The van der Waals surface area contributed by atoms with Crippen LogP contribution in [0.15, 0.2) is 41.3 Å². The smallest absolute Gasteiger partial charge is 0.262 e. The van der Waals surface area contributed by atoms with Crippen molar-refractivity contribution in [3.05, 3.63) is 36.4 Å². The number of rotatable bonds is 7. The molecule has 0 spiro atoms. The molecule has 0 saturated carbocycles. The topological polar surface area (TPSA) is 111 Å². The van der Waals surface area contributed by atoms with Crippen LogP contribution in [0.1, 0.15) is 12.8 Å². The summed E-state index contributed by atoms with van der Waals surface area (Å²) in [6.07, 6.45) is 0.139. The van der Waals surface area contributed by atoms with E-state index < -0.39 is 21.8 Å². The van der Waals surface area contributed by atoms with E-state index in [0.717, 1.165) is 4.90 Å². The van der Waals surface area contributed by atoms with Gasteiger partial charge in [-0.1, -0.05) is 0 Å². The first-order valence-corrected chi connectivity index (χ1v) is 10.1. The Bertz CT molecular complexity index is 1050. The summed E-state index contributed by atoms with van der Waals surface area (Å²) >= 11 is 0. The second-order valence-electron chi connectivity index (χ2n) is 6.13. The second kappa shape index (κ2) is 8.00. The van der Waals surface area contributed by atoms with Crippen molar-refractivity contribution < 1.29 is 32.2 Å². The number of imide groups is 1. The van der Waals surface area contributed by atoms with Crippen LogP contribution in [0.5, 0.6) is 17.2 Å². The third-order valence-corrected chi connectivity index (χ3v) is 5.77. The molecular formula is C19H20N2O7S. The van der Waals surface area contributed by atoms with Gasteiger partial charge in [-0.15, -0.1) is 0 Å². The van der Waals surface area contributed by atoms with Gasteiger partial charge in [-0.05, 0) is 30.3 Å². The monoisotopic (exact) mass is 420 g/mol. The summed E-state index contributed by atoms with van der Waals surface area (Å²) in [5.41, 5.74) is 0.295. The van der Waals surface area contributed by atoms with Crippen LogP contribution in [0.4, 0.5) is 11.4 Å². The highest BCUT2D eigenvalue weighted by Crippen LogP contribution is 2.36. The van der Waals surface area contributed by atoms with Crippen molar-refractivity contribution in [1.82, 2.24) is 0 Å². The van der Waals surface area contributed by atoms with Gasteiger partial charge in [0, 0.05) is 18.9 Å². The fourth-order valence-corrected chi connectivity index (χ4v) is 4.03. The summed E-state index contributed by atoms with van der Waals surface area (Å²) in [6.45, 7) is 0. The molecule has 0 atom stereocenters. The van der Waals surface area contributed by atoms with Crippen molar-refractivity contribution in [3.63, 3.8) is 0 Å². The van der Waals surface area contributed by atoms with Crippen molar-refractivity contribution in [3.8, 4) is 17.2 Å². The van der Waals surface area contributed by atoms with E-state index in [1.807, 2.05) is 0 Å². The first kappa shape index (κ1) is 20.5. The van der Waals surface area contributed by atoms with Gasteiger partial charge in [-0.3, -0.25) is 14.3 Å². The number of nitrogens with one attached hydrogen (secondary N) is 1. The fourth-order valence-electron chi connectivity index (χ4n) is 2.94. The lowest BCUT2D eigenvalue weighted by molar-refractivity contribution is -0.121. The van der Waals surface area contributed by atoms with Gasteiger partial charge < -0.3 is 14.2 Å². The number of hydrogen-bond donors (Lipinski definition) is 1. The van der Waals surface area contributed by atoms with E-state index in [1.165, 1.54) is 45.6 Å². The van der Waals surface area contributed by atoms with Gasteiger partial charge >= 0.3 is 0 Å². The molecule has 0 aliphatic carbocycles. The molecule has 1 saturated heterocycles. The van der Waals surface area contributed by atoms with E-state index in [4.69, 9.17) is 14.2 Å². The Morgan fingerprint density at radius 2 is 1.52 bits per heavy atom. The molecule has 0 unspecified atom stereocenters. The van der Waals surface area contributed by atoms with Gasteiger partial charge in [-0.25, -0.2) is 13.3 Å². The highest BCUT2D eigenvalue weighted by molar-refractivity contribution is 7.92. The highest BCUT2D eigenvalue weighted by Gasteiger charge is 2.33. The molecule has 2 aromatic rings. The zero-order valence-corrected chi connectivity index (χ0v) is 16.9. The maximum absolute atomic E-state index is 12.9. The standard InChI is InChI=1S/C19H20N2O7S/c1-26-12-4-6-14(17(10-12)28-3)20-29(24,25)13-5-7-16(27-2)15(11-13)21-18(22)8-9-19(21)23/h4-7,10-11,20H,8-9H2,1-3H3. The van der Waals surface area contributed by atoms with Gasteiger partial charge in [0.25, 0.3) is 10.0 Å². The molecule has 29 heavy (non-hydrogen) atoms. The third-order valence-electron chi connectivity index (χ3n) is 4.41. The molecule has 1 aliphatic heterocycles. The van der Waals surface area contributed by atoms with Crippen LogP contribution in [-0.2, 0) is 19.6 Å². The predicted octanol–water partition coefficient (Wildman–Crippen LogP) is 2.17. The minimum atomic E-state index is -4.05. The van der Waals surface area contributed by atoms with Crippen LogP contribution in [0, 0.1) is 0 Å². The van der Waals surface area contributed by atoms with Crippen LogP contribution < -0.4 is 23.8 Å². The largest absolute Gasteiger partial charge is 0.497 e. The molecule has 0 radical (unpaired) electrons. The molecule has 3 rings (SSSR count). The number of methoxy groups -OCH3 is 3. The van der Waals surface area contributed by atoms with Crippen molar-refractivity contribution in [2.75, 3.05) is 31.0 Å². The van der Waals surface area contributed by atoms with Crippen LogP contribution in [0.2, 0.25) is 0 Å². The number of ether oxygens (including phenoxy) is 3. The molecule has 0 aromatic heterocycles. The molecule has 154 valence electrons. The first-order chi connectivity index (χ1) is 13.8. The van der Waals surface area contributed by atoms with Crippen molar-refractivity contribution >= 4 is 33.2 Å². The van der Waals surface area contributed by atoms with Crippen molar-refractivity contribution in [2.45, 2.75) is 17.7 Å². The minimum Gasteiger partial charge on any atom is -0.497 e. The number of sulfonamides is 1. The molecule has 2 amide bonds. The van der Waals surface area contributed by atoms with Gasteiger partial charge in [0.05, 0.1) is 37.6 Å². The average molecular weight is 420 g/mol. The highest BCUT2D eigenvalue weighted by atomic mass is 32.2. The maximum atomic E-state index is 12.9. The molecule has 1 aliphatic rings. The SMILES string of the molecule is COc1ccc(NS(=O)(=O)c2ccc(OC)c(N3C(=O)CCC3=O)c2)c(OC)c1. The molecular weight excluding hydrogens is 400 g/mol. The van der Waals surface area contributed by atoms with Crippen molar-refractivity contribution in [1.29, 1.82) is 0 Å². The second-order valence-corrected chi connectivity index (χ2v) is 7.81. The molecule has 1 N–H and O–H groups in total. The fraction of sp³-hybridized carbons (Fsp3) is 0.263. The van der Waals surface area contributed by atoms with Crippen LogP contribution >= 0.6 is 0 Å². The quantitative estimate of drug-likeness (QED) is 0.683. The van der Waals surface area contributed by atoms with Gasteiger partial charge in [-0.2, -0.15) is 0 Å². The number of anilines is 2. The van der Waals surface area contributed by atoms with Crippen LogP contribution in [0.3, 0.4) is 0 Å². The lowest BCUT2D eigenvalue weighted by atomic mass is 10.2.